The maximum atomic E-state index is 12.7. The summed E-state index contributed by atoms with van der Waals surface area (Å²) in [4.78, 5) is 14.3. The van der Waals surface area contributed by atoms with Gasteiger partial charge in [0.15, 0.2) is 0 Å². The Balaban J connectivity index is 1.90. The zero-order chi connectivity index (χ0) is 18.2. The van der Waals surface area contributed by atoms with Gasteiger partial charge < -0.3 is 9.64 Å². The lowest BCUT2D eigenvalue weighted by atomic mass is 9.77. The van der Waals surface area contributed by atoms with Gasteiger partial charge >= 0.3 is 0 Å². The van der Waals surface area contributed by atoms with Crippen molar-refractivity contribution in [2.45, 2.75) is 56.4 Å². The molecule has 1 atom stereocenters. The van der Waals surface area contributed by atoms with Gasteiger partial charge in [-0.3, -0.25) is 4.79 Å². The summed E-state index contributed by atoms with van der Waals surface area (Å²) in [6.45, 7) is 7.45. The third kappa shape index (κ3) is 3.59. The summed E-state index contributed by atoms with van der Waals surface area (Å²) in [6.07, 6.45) is 2.19. The van der Waals surface area contributed by atoms with E-state index in [1.165, 1.54) is 0 Å². The third-order valence-corrected chi connectivity index (χ3v) is 6.45. The predicted molar refractivity (Wildman–Crippen MR) is 96.3 cm³/mol. The minimum atomic E-state index is -3.60. The van der Waals surface area contributed by atoms with E-state index in [-0.39, 0.29) is 16.9 Å². The van der Waals surface area contributed by atoms with Crippen LogP contribution in [-0.4, -0.2) is 40.1 Å². The molecule has 7 heteroatoms. The summed E-state index contributed by atoms with van der Waals surface area (Å²) in [5.74, 6) is 0.0760. The van der Waals surface area contributed by atoms with E-state index < -0.39 is 15.4 Å². The van der Waals surface area contributed by atoms with Crippen LogP contribution >= 0.6 is 0 Å². The van der Waals surface area contributed by atoms with E-state index >= 15 is 0 Å². The smallest absolute Gasteiger partial charge is 0.240 e. The first-order valence-corrected chi connectivity index (χ1v) is 10.3. The lowest BCUT2D eigenvalue weighted by Crippen LogP contribution is -2.42. The Kier molecular flexibility index (Phi) is 4.92. The molecule has 1 fully saturated rings. The van der Waals surface area contributed by atoms with E-state index in [9.17, 15) is 13.2 Å². The molecule has 2 aliphatic heterocycles. The molecule has 0 spiro atoms. The second-order valence-corrected chi connectivity index (χ2v) is 9.13. The molecule has 2 heterocycles. The Morgan fingerprint density at radius 1 is 1.36 bits per heavy atom. The van der Waals surface area contributed by atoms with Gasteiger partial charge in [-0.15, -0.1) is 0 Å². The number of hydrogen-bond acceptors (Lipinski definition) is 4. The molecule has 3 rings (SSSR count). The van der Waals surface area contributed by atoms with Crippen LogP contribution in [0.15, 0.2) is 23.1 Å². The number of amides is 1. The van der Waals surface area contributed by atoms with Crippen molar-refractivity contribution < 1.29 is 17.9 Å². The maximum Gasteiger partial charge on any atom is 0.240 e. The van der Waals surface area contributed by atoms with Gasteiger partial charge in [0.2, 0.25) is 15.9 Å². The number of anilines is 1. The fourth-order valence-electron chi connectivity index (χ4n) is 3.60. The van der Waals surface area contributed by atoms with Crippen molar-refractivity contribution in [1.29, 1.82) is 0 Å². The largest absolute Gasteiger partial charge is 0.377 e. The van der Waals surface area contributed by atoms with Gasteiger partial charge in [0.05, 0.1) is 11.0 Å². The molecule has 1 amide bonds. The van der Waals surface area contributed by atoms with Crippen LogP contribution in [0.2, 0.25) is 0 Å². The molecule has 1 aromatic carbocycles. The average Bonchev–Trinajstić information content (AvgIpc) is 3.06. The second kappa shape index (κ2) is 6.70. The highest BCUT2D eigenvalue weighted by atomic mass is 32.2. The molecule has 25 heavy (non-hydrogen) atoms. The predicted octanol–water partition coefficient (Wildman–Crippen LogP) is 2.18. The van der Waals surface area contributed by atoms with Gasteiger partial charge in [-0.25, -0.2) is 13.1 Å². The van der Waals surface area contributed by atoms with Crippen LogP contribution in [0.4, 0.5) is 5.69 Å². The summed E-state index contributed by atoms with van der Waals surface area (Å²) in [6, 6.07) is 5.04. The van der Waals surface area contributed by atoms with Crippen LogP contribution in [0, 0.1) is 0 Å². The zero-order valence-corrected chi connectivity index (χ0v) is 15.9. The fraction of sp³-hybridized carbons (Fsp3) is 0.611. The molecule has 2 aliphatic rings. The molecule has 1 saturated heterocycles. The minimum absolute atomic E-state index is 0.0444. The molecular weight excluding hydrogens is 340 g/mol. The monoisotopic (exact) mass is 366 g/mol. The molecule has 0 aromatic heterocycles. The van der Waals surface area contributed by atoms with Gasteiger partial charge in [0.1, 0.15) is 0 Å². The molecule has 0 radical (unpaired) electrons. The van der Waals surface area contributed by atoms with Gasteiger partial charge in [0, 0.05) is 37.2 Å². The number of hydrogen-bond donors (Lipinski definition) is 1. The molecule has 1 aromatic rings. The summed E-state index contributed by atoms with van der Waals surface area (Å²) in [5.41, 5.74) is 1.31. The Morgan fingerprint density at radius 3 is 2.76 bits per heavy atom. The first-order chi connectivity index (χ1) is 11.7. The van der Waals surface area contributed by atoms with Crippen LogP contribution in [-0.2, 0) is 25.0 Å². The average molecular weight is 366 g/mol. The summed E-state index contributed by atoms with van der Waals surface area (Å²) in [7, 11) is -3.60. The van der Waals surface area contributed by atoms with Crippen molar-refractivity contribution in [3.8, 4) is 0 Å². The van der Waals surface area contributed by atoms with E-state index in [4.69, 9.17) is 4.74 Å². The van der Waals surface area contributed by atoms with Crippen molar-refractivity contribution in [3.63, 3.8) is 0 Å². The molecule has 0 saturated carbocycles. The highest BCUT2D eigenvalue weighted by Crippen LogP contribution is 2.41. The number of nitrogens with one attached hydrogen (secondary N) is 1. The van der Waals surface area contributed by atoms with E-state index in [1.807, 2.05) is 20.8 Å². The van der Waals surface area contributed by atoms with E-state index in [1.54, 1.807) is 23.1 Å². The molecule has 1 N–H and O–H groups in total. The number of benzene rings is 1. The molecule has 138 valence electrons. The third-order valence-electron chi connectivity index (χ3n) is 5.03. The van der Waals surface area contributed by atoms with E-state index in [0.717, 1.165) is 24.1 Å². The van der Waals surface area contributed by atoms with Crippen molar-refractivity contribution in [2.75, 3.05) is 24.6 Å². The van der Waals surface area contributed by atoms with Crippen molar-refractivity contribution >= 4 is 21.6 Å². The van der Waals surface area contributed by atoms with Crippen molar-refractivity contribution in [1.82, 2.24) is 4.72 Å². The molecule has 0 bridgehead atoms. The van der Waals surface area contributed by atoms with Crippen LogP contribution in [0.1, 0.15) is 45.6 Å². The van der Waals surface area contributed by atoms with E-state index in [2.05, 4.69) is 4.72 Å². The van der Waals surface area contributed by atoms with E-state index in [0.29, 0.717) is 26.1 Å². The lowest BCUT2D eigenvalue weighted by molar-refractivity contribution is -0.120. The Labute approximate surface area is 149 Å². The summed E-state index contributed by atoms with van der Waals surface area (Å²) < 4.78 is 33.4. The standard InChI is InChI=1S/C18H26N2O4S/c1-4-20-16-8-7-14(10-15(16)18(2,3)11-17(20)21)25(22,23)19-12-13-6-5-9-24-13/h7-8,10,13,19H,4-6,9,11-12H2,1-3H3/t13-/m0/s1. The normalized spacial score (nSPS) is 22.9. The van der Waals surface area contributed by atoms with Crippen molar-refractivity contribution in [2.24, 2.45) is 0 Å². The van der Waals surface area contributed by atoms with Gasteiger partial charge in [-0.1, -0.05) is 13.8 Å². The minimum Gasteiger partial charge on any atom is -0.377 e. The number of rotatable bonds is 5. The van der Waals surface area contributed by atoms with Gasteiger partial charge in [-0.05, 0) is 43.5 Å². The molecule has 0 unspecified atom stereocenters. The first-order valence-electron chi connectivity index (χ1n) is 8.81. The van der Waals surface area contributed by atoms with Crippen LogP contribution in [0.3, 0.4) is 0 Å². The van der Waals surface area contributed by atoms with Crippen LogP contribution in [0.5, 0.6) is 0 Å². The Morgan fingerprint density at radius 2 is 2.12 bits per heavy atom. The number of fused-ring (bicyclic) bond motifs is 1. The maximum absolute atomic E-state index is 12.7. The Bertz CT molecular complexity index is 767. The zero-order valence-electron chi connectivity index (χ0n) is 15.0. The SMILES string of the molecule is CCN1C(=O)CC(C)(C)c2cc(S(=O)(=O)NC[C@@H]3CCCO3)ccc21. The second-order valence-electron chi connectivity index (χ2n) is 7.36. The molecule has 0 aliphatic carbocycles. The topological polar surface area (TPSA) is 75.7 Å². The number of carbonyl (C=O) groups is 1. The summed E-state index contributed by atoms with van der Waals surface area (Å²) >= 11 is 0. The Hall–Kier alpha value is -1.44. The number of nitrogens with zero attached hydrogens (tertiary/aromatic N) is 1. The number of sulfonamides is 1. The van der Waals surface area contributed by atoms with Gasteiger partial charge in [-0.2, -0.15) is 0 Å². The highest BCUT2D eigenvalue weighted by Gasteiger charge is 2.37. The van der Waals surface area contributed by atoms with Crippen molar-refractivity contribution in [3.05, 3.63) is 23.8 Å². The van der Waals surface area contributed by atoms with Crippen LogP contribution in [0.25, 0.3) is 0 Å². The highest BCUT2D eigenvalue weighted by molar-refractivity contribution is 7.89. The fourth-order valence-corrected chi connectivity index (χ4v) is 4.69. The number of ether oxygens (including phenoxy) is 1. The molecular formula is C18H26N2O4S. The lowest BCUT2D eigenvalue weighted by Gasteiger charge is -2.38. The quantitative estimate of drug-likeness (QED) is 0.867. The summed E-state index contributed by atoms with van der Waals surface area (Å²) in [5, 5.41) is 0. The first kappa shape index (κ1) is 18.4. The van der Waals surface area contributed by atoms with Crippen LogP contribution < -0.4 is 9.62 Å². The number of carbonyl (C=O) groups excluding carboxylic acids is 1. The van der Waals surface area contributed by atoms with Gasteiger partial charge in [0.25, 0.3) is 0 Å². The molecule has 6 nitrogen and oxygen atoms in total.